The zero-order valence-corrected chi connectivity index (χ0v) is 17.8. The zero-order chi connectivity index (χ0) is 16.3. The molecule has 1 aliphatic rings. The average Bonchev–Trinajstić information content (AvgIpc) is 2.53. The molecule has 1 aliphatic heterocycles. The smallest absolute Gasteiger partial charge is 0.240 e. The summed E-state index contributed by atoms with van der Waals surface area (Å²) in [4.78, 5) is 20.9. The number of pyridine rings is 1. The Labute approximate surface area is 170 Å². The molecule has 1 saturated heterocycles. The normalized spacial score (nSPS) is 17.4. The van der Waals surface area contributed by atoms with Crippen molar-refractivity contribution in [2.24, 2.45) is 11.1 Å². The van der Waals surface area contributed by atoms with Crippen molar-refractivity contribution in [2.75, 3.05) is 26.2 Å². The highest BCUT2D eigenvalue weighted by atomic mass is 35.5. The predicted octanol–water partition coefficient (Wildman–Crippen LogP) is 2.93. The summed E-state index contributed by atoms with van der Waals surface area (Å²) in [5.41, 5.74) is 7.12. The molecule has 25 heavy (non-hydrogen) atoms. The second kappa shape index (κ2) is 11.2. The Hall–Kier alpha value is -0.590. The highest BCUT2D eigenvalue weighted by Crippen LogP contribution is 2.23. The first-order valence-electron chi connectivity index (χ1n) is 7.99. The van der Waals surface area contributed by atoms with E-state index in [0.717, 1.165) is 26.2 Å². The summed E-state index contributed by atoms with van der Waals surface area (Å²) >= 11 is 0. The Morgan fingerprint density at radius 3 is 2.16 bits per heavy atom. The van der Waals surface area contributed by atoms with Crippen LogP contribution in [-0.4, -0.2) is 52.9 Å². The van der Waals surface area contributed by atoms with Crippen LogP contribution >= 0.6 is 37.2 Å². The van der Waals surface area contributed by atoms with Crippen molar-refractivity contribution in [2.45, 2.75) is 39.8 Å². The number of amides is 1. The molecule has 2 atom stereocenters. The number of piperazine rings is 1. The third kappa shape index (κ3) is 6.91. The van der Waals surface area contributed by atoms with Crippen molar-refractivity contribution >= 4 is 43.1 Å². The van der Waals surface area contributed by atoms with Crippen molar-refractivity contribution in [3.05, 3.63) is 30.1 Å². The highest BCUT2D eigenvalue weighted by molar-refractivity contribution is 5.86. The molecule has 0 saturated carbocycles. The maximum Gasteiger partial charge on any atom is 0.240 e. The van der Waals surface area contributed by atoms with E-state index in [4.69, 9.17) is 5.73 Å². The van der Waals surface area contributed by atoms with Crippen LogP contribution in [0.3, 0.4) is 0 Å². The van der Waals surface area contributed by atoms with Crippen LogP contribution in [0.25, 0.3) is 0 Å². The van der Waals surface area contributed by atoms with Gasteiger partial charge in [-0.1, -0.05) is 26.8 Å². The Morgan fingerprint density at radius 2 is 1.72 bits per heavy atom. The minimum absolute atomic E-state index is 0. The van der Waals surface area contributed by atoms with Gasteiger partial charge in [-0.3, -0.25) is 14.7 Å². The number of aromatic nitrogens is 1. The van der Waals surface area contributed by atoms with E-state index in [9.17, 15) is 4.79 Å². The Balaban J connectivity index is 0. The number of halogens is 3. The number of hydrogen-bond acceptors (Lipinski definition) is 4. The second-order valence-electron chi connectivity index (χ2n) is 7.17. The minimum Gasteiger partial charge on any atom is -0.339 e. The molecule has 5 nitrogen and oxygen atoms in total. The topological polar surface area (TPSA) is 62.5 Å². The van der Waals surface area contributed by atoms with Crippen LogP contribution in [0.5, 0.6) is 0 Å². The SMILES string of the molecule is CC(c1cccnc1)N1CCN(C(=O)[C@@H](N)C(C)(C)C)CC1.Cl.Cl.Cl. The Kier molecular flexibility index (Phi) is 11.9. The van der Waals surface area contributed by atoms with Crippen molar-refractivity contribution < 1.29 is 4.79 Å². The van der Waals surface area contributed by atoms with E-state index in [1.165, 1.54) is 5.56 Å². The number of carbonyl (C=O) groups excluding carboxylic acids is 1. The summed E-state index contributed by atoms with van der Waals surface area (Å²) in [5, 5.41) is 0. The molecule has 1 aromatic rings. The third-order valence-corrected chi connectivity index (χ3v) is 4.54. The summed E-state index contributed by atoms with van der Waals surface area (Å²) < 4.78 is 0. The fourth-order valence-corrected chi connectivity index (χ4v) is 2.73. The molecule has 0 aromatic carbocycles. The number of nitrogens with two attached hydrogens (primary N) is 1. The van der Waals surface area contributed by atoms with Crippen LogP contribution in [0.4, 0.5) is 0 Å². The third-order valence-electron chi connectivity index (χ3n) is 4.54. The second-order valence-corrected chi connectivity index (χ2v) is 7.17. The van der Waals surface area contributed by atoms with Gasteiger partial charge in [-0.2, -0.15) is 0 Å². The van der Waals surface area contributed by atoms with E-state index in [2.05, 4.69) is 22.9 Å². The molecule has 0 bridgehead atoms. The van der Waals surface area contributed by atoms with Crippen molar-refractivity contribution in [3.8, 4) is 0 Å². The molecule has 1 fully saturated rings. The van der Waals surface area contributed by atoms with Crippen LogP contribution < -0.4 is 5.73 Å². The Morgan fingerprint density at radius 1 is 1.16 bits per heavy atom. The molecule has 146 valence electrons. The van der Waals surface area contributed by atoms with Crippen LogP contribution in [0.15, 0.2) is 24.5 Å². The molecule has 0 aliphatic carbocycles. The van der Waals surface area contributed by atoms with Gasteiger partial charge in [0.05, 0.1) is 6.04 Å². The first-order valence-corrected chi connectivity index (χ1v) is 7.99. The summed E-state index contributed by atoms with van der Waals surface area (Å²) in [5.74, 6) is 0.0705. The van der Waals surface area contributed by atoms with Crippen molar-refractivity contribution in [1.82, 2.24) is 14.8 Å². The first-order chi connectivity index (χ1) is 10.3. The number of nitrogens with zero attached hydrogens (tertiary/aromatic N) is 3. The molecule has 1 amide bonds. The van der Waals surface area contributed by atoms with E-state index >= 15 is 0 Å². The molecule has 1 unspecified atom stereocenters. The molecule has 0 spiro atoms. The Bertz CT molecular complexity index is 502. The molecule has 2 N–H and O–H groups in total. The van der Waals surface area contributed by atoms with E-state index in [0.29, 0.717) is 6.04 Å². The van der Waals surface area contributed by atoms with E-state index in [-0.39, 0.29) is 48.5 Å². The van der Waals surface area contributed by atoms with Gasteiger partial charge in [-0.15, -0.1) is 37.2 Å². The lowest BCUT2D eigenvalue weighted by Crippen LogP contribution is -2.56. The van der Waals surface area contributed by atoms with Crippen molar-refractivity contribution in [3.63, 3.8) is 0 Å². The number of carbonyl (C=O) groups is 1. The molecule has 8 heteroatoms. The van der Waals surface area contributed by atoms with Crippen LogP contribution in [0.2, 0.25) is 0 Å². The maximum atomic E-state index is 12.5. The van der Waals surface area contributed by atoms with Gasteiger partial charge in [-0.25, -0.2) is 0 Å². The van der Waals surface area contributed by atoms with Gasteiger partial charge in [0.25, 0.3) is 0 Å². The van der Waals surface area contributed by atoms with Gasteiger partial charge in [0, 0.05) is 44.6 Å². The van der Waals surface area contributed by atoms with Crippen LogP contribution in [0, 0.1) is 5.41 Å². The van der Waals surface area contributed by atoms with Gasteiger partial charge in [0.15, 0.2) is 0 Å². The average molecular weight is 414 g/mol. The van der Waals surface area contributed by atoms with Crippen LogP contribution in [-0.2, 0) is 4.79 Å². The fraction of sp³-hybridized carbons (Fsp3) is 0.647. The quantitative estimate of drug-likeness (QED) is 0.827. The summed E-state index contributed by atoms with van der Waals surface area (Å²) in [6.07, 6.45) is 3.71. The van der Waals surface area contributed by atoms with Crippen molar-refractivity contribution in [1.29, 1.82) is 0 Å². The van der Waals surface area contributed by atoms with Gasteiger partial charge < -0.3 is 10.6 Å². The highest BCUT2D eigenvalue weighted by Gasteiger charge is 2.33. The summed E-state index contributed by atoms with van der Waals surface area (Å²) in [6, 6.07) is 3.95. The fourth-order valence-electron chi connectivity index (χ4n) is 2.73. The largest absolute Gasteiger partial charge is 0.339 e. The number of hydrogen-bond donors (Lipinski definition) is 1. The first kappa shape index (κ1) is 26.6. The molecule has 0 radical (unpaired) electrons. The summed E-state index contributed by atoms with van der Waals surface area (Å²) in [6.45, 7) is 11.5. The summed E-state index contributed by atoms with van der Waals surface area (Å²) in [7, 11) is 0. The van der Waals surface area contributed by atoms with Gasteiger partial charge in [0.1, 0.15) is 0 Å². The maximum absolute atomic E-state index is 12.5. The van der Waals surface area contributed by atoms with E-state index in [1.54, 1.807) is 6.20 Å². The van der Waals surface area contributed by atoms with E-state index in [1.807, 2.05) is 37.9 Å². The number of rotatable bonds is 3. The lowest BCUT2D eigenvalue weighted by molar-refractivity contribution is -0.137. The molecular weight excluding hydrogens is 383 g/mol. The molecule has 2 heterocycles. The van der Waals surface area contributed by atoms with Gasteiger partial charge in [-0.05, 0) is 24.0 Å². The molecule has 2 rings (SSSR count). The van der Waals surface area contributed by atoms with Gasteiger partial charge >= 0.3 is 0 Å². The standard InChI is InChI=1S/C17H28N4O.3ClH/c1-13(14-6-5-7-19-12-14)20-8-10-21(11-9-20)16(22)15(18)17(2,3)4;;;/h5-7,12-13,15H,8-11,18H2,1-4H3;3*1H/t13?,15-;;;/m1.../s1. The lowest BCUT2D eigenvalue weighted by Gasteiger charge is -2.40. The molecule has 1 aromatic heterocycles. The monoisotopic (exact) mass is 412 g/mol. The predicted molar refractivity (Wildman–Crippen MR) is 110 cm³/mol. The van der Waals surface area contributed by atoms with E-state index < -0.39 is 6.04 Å². The lowest BCUT2D eigenvalue weighted by atomic mass is 9.86. The van der Waals surface area contributed by atoms with Gasteiger partial charge in [0.2, 0.25) is 5.91 Å². The zero-order valence-electron chi connectivity index (χ0n) is 15.3. The molecular formula is C17H31Cl3N4O. The minimum atomic E-state index is -0.435. The van der Waals surface area contributed by atoms with Crippen LogP contribution in [0.1, 0.15) is 39.3 Å².